The van der Waals surface area contributed by atoms with E-state index < -0.39 is 16.0 Å². The molecule has 1 aromatic heterocycles. The highest BCUT2D eigenvalue weighted by molar-refractivity contribution is 7.89. The van der Waals surface area contributed by atoms with Crippen molar-refractivity contribution in [2.45, 2.75) is 18.7 Å². The highest BCUT2D eigenvalue weighted by Gasteiger charge is 2.29. The van der Waals surface area contributed by atoms with Crippen LogP contribution in [0.15, 0.2) is 77.7 Å². The van der Waals surface area contributed by atoms with Gasteiger partial charge in [0.25, 0.3) is 0 Å². The number of carbonyl (C=O) groups excluding carboxylic acids is 1. The molecule has 3 aromatic carbocycles. The van der Waals surface area contributed by atoms with E-state index in [0.29, 0.717) is 44.4 Å². The maximum Gasteiger partial charge on any atom is 0.340 e. The first-order valence-corrected chi connectivity index (χ1v) is 12.9. The lowest BCUT2D eigenvalue weighted by atomic mass is 9.95. The molecule has 0 unspecified atom stereocenters. The van der Waals surface area contributed by atoms with Gasteiger partial charge in [-0.3, -0.25) is 0 Å². The Morgan fingerprint density at radius 1 is 1.06 bits per heavy atom. The largest absolute Gasteiger partial charge is 0.462 e. The number of hydrogen-bond acceptors (Lipinski definition) is 5. The minimum atomic E-state index is -3.88. The number of hydrogen-bond donors (Lipinski definition) is 1. The lowest BCUT2D eigenvalue weighted by Crippen LogP contribution is -2.12. The molecule has 0 spiro atoms. The molecule has 0 bridgehead atoms. The van der Waals surface area contributed by atoms with Gasteiger partial charge in [0.2, 0.25) is 10.0 Å². The lowest BCUT2D eigenvalue weighted by molar-refractivity contribution is 0.0526. The van der Waals surface area contributed by atoms with Crippen LogP contribution >= 0.6 is 11.6 Å². The molecule has 7 nitrogen and oxygen atoms in total. The molecule has 0 saturated heterocycles. The van der Waals surface area contributed by atoms with Gasteiger partial charge in [0.05, 0.1) is 34.4 Å². The Labute approximate surface area is 214 Å². The molecule has 0 radical (unpaired) electrons. The number of nitriles is 1. The predicted molar refractivity (Wildman–Crippen MR) is 138 cm³/mol. The first kappa shape index (κ1) is 25.2. The summed E-state index contributed by atoms with van der Waals surface area (Å²) in [7, 11) is -3.88. The minimum absolute atomic E-state index is 0.0309. The van der Waals surface area contributed by atoms with Crippen LogP contribution in [0, 0.1) is 18.3 Å². The average Bonchev–Trinajstić information content (AvgIpc) is 3.17. The van der Waals surface area contributed by atoms with Gasteiger partial charge in [0.1, 0.15) is 0 Å². The molecule has 0 saturated carbocycles. The van der Waals surface area contributed by atoms with Gasteiger partial charge in [0.15, 0.2) is 0 Å². The van der Waals surface area contributed by atoms with Gasteiger partial charge >= 0.3 is 5.97 Å². The Bertz CT molecular complexity index is 1600. The summed E-state index contributed by atoms with van der Waals surface area (Å²) in [5.74, 6) is -0.512. The maximum absolute atomic E-state index is 13.3. The monoisotopic (exact) mass is 519 g/mol. The molecule has 0 aliphatic rings. The van der Waals surface area contributed by atoms with Crippen molar-refractivity contribution >= 4 is 27.6 Å². The molecule has 1 heterocycles. The van der Waals surface area contributed by atoms with Crippen molar-refractivity contribution in [3.8, 4) is 34.1 Å². The number of esters is 1. The van der Waals surface area contributed by atoms with Crippen LogP contribution in [0.2, 0.25) is 5.02 Å². The van der Waals surface area contributed by atoms with Crippen LogP contribution in [0.25, 0.3) is 28.1 Å². The molecule has 9 heteroatoms. The quantitative estimate of drug-likeness (QED) is 0.339. The molecule has 2 N–H and O–H groups in total. The van der Waals surface area contributed by atoms with E-state index in [1.807, 2.05) is 22.8 Å². The number of aromatic nitrogens is 1. The summed E-state index contributed by atoms with van der Waals surface area (Å²) >= 11 is 6.15. The molecule has 0 amide bonds. The van der Waals surface area contributed by atoms with E-state index in [0.717, 1.165) is 5.56 Å². The molecule has 0 aliphatic heterocycles. The molecule has 0 fully saturated rings. The fraction of sp³-hybridized carbons (Fsp3) is 0.111. The van der Waals surface area contributed by atoms with Gasteiger partial charge in [-0.2, -0.15) is 5.26 Å². The number of sulfonamides is 1. The Balaban J connectivity index is 2.13. The topological polar surface area (TPSA) is 115 Å². The van der Waals surface area contributed by atoms with Gasteiger partial charge in [-0.25, -0.2) is 18.4 Å². The van der Waals surface area contributed by atoms with Crippen molar-refractivity contribution in [2.75, 3.05) is 6.61 Å². The van der Waals surface area contributed by atoms with Gasteiger partial charge in [-0.15, -0.1) is 0 Å². The molecule has 0 atom stereocenters. The summed E-state index contributed by atoms with van der Waals surface area (Å²) in [6.07, 6.45) is 0. The van der Waals surface area contributed by atoms with Crippen molar-refractivity contribution in [1.29, 1.82) is 5.26 Å². The smallest absolute Gasteiger partial charge is 0.340 e. The molecular weight excluding hydrogens is 498 g/mol. The van der Waals surface area contributed by atoms with Crippen LogP contribution < -0.4 is 5.14 Å². The summed E-state index contributed by atoms with van der Waals surface area (Å²) < 4.78 is 30.9. The lowest BCUT2D eigenvalue weighted by Gasteiger charge is -2.14. The summed E-state index contributed by atoms with van der Waals surface area (Å²) in [6, 6.07) is 22.3. The first-order valence-electron chi connectivity index (χ1n) is 11.0. The molecular formula is C27H22ClN3O4S. The Kier molecular flexibility index (Phi) is 7.00. The third-order valence-corrected chi connectivity index (χ3v) is 6.89. The SMILES string of the molecule is CCOC(=O)c1c(-c2cccc(C#N)c2)c(-c2ccc(Cl)cc2)n(-c2ccc(S(N)(=O)=O)cc2)c1C. The summed E-state index contributed by atoms with van der Waals surface area (Å²) in [5.41, 5.74) is 4.62. The first-order chi connectivity index (χ1) is 17.2. The fourth-order valence-corrected chi connectivity index (χ4v) is 4.80. The van der Waals surface area contributed by atoms with E-state index in [1.54, 1.807) is 56.3 Å². The van der Waals surface area contributed by atoms with E-state index in [4.69, 9.17) is 21.5 Å². The standard InChI is InChI=1S/C27H22ClN3O4S/c1-3-35-27(32)24-17(2)31(22-11-13-23(14-12-22)36(30,33)34)26(19-7-9-21(28)10-8-19)25(24)20-6-4-5-18(15-20)16-29/h4-15H,3H2,1-2H3,(H2,30,33,34). The van der Waals surface area contributed by atoms with E-state index in [-0.39, 0.29) is 11.5 Å². The van der Waals surface area contributed by atoms with Crippen LogP contribution in [-0.2, 0) is 14.8 Å². The third-order valence-electron chi connectivity index (χ3n) is 5.71. The van der Waals surface area contributed by atoms with E-state index in [1.165, 1.54) is 12.1 Å². The highest BCUT2D eigenvalue weighted by Crippen LogP contribution is 2.42. The number of benzene rings is 3. The summed E-state index contributed by atoms with van der Waals surface area (Å²) in [5, 5.41) is 15.3. The average molecular weight is 520 g/mol. The minimum Gasteiger partial charge on any atom is -0.462 e. The van der Waals surface area contributed by atoms with Gasteiger partial charge in [-0.1, -0.05) is 35.9 Å². The van der Waals surface area contributed by atoms with Crippen molar-refractivity contribution in [2.24, 2.45) is 5.14 Å². The predicted octanol–water partition coefficient (Wildman–Crippen LogP) is 5.47. The Morgan fingerprint density at radius 2 is 1.72 bits per heavy atom. The van der Waals surface area contributed by atoms with Crippen LogP contribution in [0.5, 0.6) is 0 Å². The van der Waals surface area contributed by atoms with Gasteiger partial charge in [-0.05, 0) is 73.5 Å². The number of nitrogens with zero attached hydrogens (tertiary/aromatic N) is 2. The molecule has 36 heavy (non-hydrogen) atoms. The van der Waals surface area contributed by atoms with Crippen LogP contribution in [0.4, 0.5) is 0 Å². The van der Waals surface area contributed by atoms with Gasteiger partial charge in [0, 0.05) is 22.0 Å². The van der Waals surface area contributed by atoms with Crippen LogP contribution in [-0.4, -0.2) is 25.6 Å². The number of nitrogens with two attached hydrogens (primary N) is 1. The summed E-state index contributed by atoms with van der Waals surface area (Å²) in [6.45, 7) is 3.70. The van der Waals surface area contributed by atoms with Crippen molar-refractivity contribution in [3.05, 3.63) is 94.6 Å². The number of halogens is 1. The fourth-order valence-electron chi connectivity index (χ4n) is 4.16. The van der Waals surface area contributed by atoms with Gasteiger partial charge < -0.3 is 9.30 Å². The number of ether oxygens (including phenoxy) is 1. The third kappa shape index (κ3) is 4.77. The molecule has 0 aliphatic carbocycles. The van der Waals surface area contributed by atoms with Crippen LogP contribution in [0.1, 0.15) is 28.5 Å². The van der Waals surface area contributed by atoms with E-state index in [9.17, 15) is 18.5 Å². The van der Waals surface area contributed by atoms with E-state index >= 15 is 0 Å². The number of rotatable bonds is 6. The van der Waals surface area contributed by atoms with Crippen molar-refractivity contribution in [3.63, 3.8) is 0 Å². The van der Waals surface area contributed by atoms with Crippen molar-refractivity contribution < 1.29 is 17.9 Å². The van der Waals surface area contributed by atoms with Crippen molar-refractivity contribution in [1.82, 2.24) is 4.57 Å². The Morgan fingerprint density at radius 3 is 2.31 bits per heavy atom. The second-order valence-electron chi connectivity index (χ2n) is 7.98. The molecule has 4 rings (SSSR count). The normalized spacial score (nSPS) is 11.2. The number of carbonyl (C=O) groups is 1. The highest BCUT2D eigenvalue weighted by atomic mass is 35.5. The zero-order valence-corrected chi connectivity index (χ0v) is 21.1. The second-order valence-corrected chi connectivity index (χ2v) is 9.98. The Hall–Kier alpha value is -3.90. The molecule has 4 aromatic rings. The number of primary sulfonamides is 1. The summed E-state index contributed by atoms with van der Waals surface area (Å²) in [4.78, 5) is 13.2. The zero-order chi connectivity index (χ0) is 26.0. The van der Waals surface area contributed by atoms with Crippen LogP contribution in [0.3, 0.4) is 0 Å². The molecule has 182 valence electrons. The maximum atomic E-state index is 13.3. The second kappa shape index (κ2) is 9.99. The zero-order valence-electron chi connectivity index (χ0n) is 19.5. The van der Waals surface area contributed by atoms with E-state index in [2.05, 4.69) is 6.07 Å².